The second-order valence-corrected chi connectivity index (χ2v) is 3.48. The van der Waals surface area contributed by atoms with Gasteiger partial charge >= 0.3 is 0 Å². The largest absolute Gasteiger partial charge is 0.355 e. The van der Waals surface area contributed by atoms with Gasteiger partial charge in [0.05, 0.1) is 10.8 Å². The first-order valence-electron chi connectivity index (χ1n) is 3.59. The second-order valence-electron chi connectivity index (χ2n) is 2.18. The summed E-state index contributed by atoms with van der Waals surface area (Å²) in [5.74, 6) is 0.215. The summed E-state index contributed by atoms with van der Waals surface area (Å²) in [5, 5.41) is 5.70. The van der Waals surface area contributed by atoms with E-state index in [4.69, 9.17) is 0 Å². The predicted molar refractivity (Wildman–Crippen MR) is 52.7 cm³/mol. The lowest BCUT2D eigenvalue weighted by Gasteiger charge is -1.99. The van der Waals surface area contributed by atoms with Crippen LogP contribution in [0, 0.1) is 0 Å². The van der Waals surface area contributed by atoms with Crippen LogP contribution in [0.3, 0.4) is 0 Å². The van der Waals surface area contributed by atoms with Crippen LogP contribution in [0.15, 0.2) is 11.6 Å². The number of thiazole rings is 1. The topological polar surface area (TPSA) is 42.0 Å². The van der Waals surface area contributed by atoms with Crippen LogP contribution in [0.4, 0.5) is 0 Å². The molecule has 0 aliphatic rings. The third kappa shape index (κ3) is 3.23. The van der Waals surface area contributed by atoms with E-state index < -0.39 is 0 Å². The molecule has 5 heteroatoms. The molecule has 1 rings (SSSR count). The fourth-order valence-electron chi connectivity index (χ4n) is 0.741. The minimum absolute atomic E-state index is 0.0325. The molecule has 12 heavy (non-hydrogen) atoms. The Morgan fingerprint density at radius 1 is 1.75 bits per heavy atom. The van der Waals surface area contributed by atoms with Gasteiger partial charge in [0.25, 0.3) is 0 Å². The molecule has 0 radical (unpaired) electrons. The highest BCUT2D eigenvalue weighted by Gasteiger charge is 1.97. The molecule has 0 unspecified atom stereocenters. The molecule has 66 valence electrons. The number of hydrogen-bond acceptors (Lipinski definition) is 4. The highest BCUT2D eigenvalue weighted by Crippen LogP contribution is 2.03. The van der Waals surface area contributed by atoms with Crippen molar-refractivity contribution in [2.45, 2.75) is 6.42 Å². The van der Waals surface area contributed by atoms with E-state index in [0.717, 1.165) is 11.4 Å². The monoisotopic (exact) mass is 202 g/mol. The average molecular weight is 202 g/mol. The molecule has 1 amide bonds. The van der Waals surface area contributed by atoms with Gasteiger partial charge in [0.2, 0.25) is 5.91 Å². The van der Waals surface area contributed by atoms with Crippen molar-refractivity contribution in [1.82, 2.24) is 10.3 Å². The number of nitrogens with zero attached hydrogens (tertiary/aromatic N) is 1. The number of nitrogens with one attached hydrogen (secondary N) is 1. The summed E-state index contributed by atoms with van der Waals surface area (Å²) in [7, 11) is 0. The predicted octanol–water partition coefficient (Wildman–Crippen LogP) is 0.732. The molecule has 0 spiro atoms. The van der Waals surface area contributed by atoms with E-state index in [0.29, 0.717) is 6.54 Å². The Morgan fingerprint density at radius 2 is 2.58 bits per heavy atom. The van der Waals surface area contributed by atoms with Gasteiger partial charge in [-0.05, 0) is 0 Å². The summed E-state index contributed by atoms with van der Waals surface area (Å²) in [6, 6.07) is 0. The molecule has 1 aromatic rings. The lowest BCUT2D eigenvalue weighted by molar-refractivity contribution is -0.118. The van der Waals surface area contributed by atoms with Crippen LogP contribution in [0.25, 0.3) is 0 Å². The molecule has 0 aromatic carbocycles. The molecule has 1 heterocycles. The van der Waals surface area contributed by atoms with Gasteiger partial charge in [-0.2, -0.15) is 12.6 Å². The SMILES string of the molecule is O=C(CS)NCCc1nccs1. The Labute approximate surface area is 80.6 Å². The maximum absolute atomic E-state index is 10.7. The van der Waals surface area contributed by atoms with Crippen LogP contribution in [0.2, 0.25) is 0 Å². The van der Waals surface area contributed by atoms with E-state index in [1.54, 1.807) is 17.5 Å². The first-order chi connectivity index (χ1) is 5.83. The summed E-state index contributed by atoms with van der Waals surface area (Å²) in [4.78, 5) is 14.8. The van der Waals surface area contributed by atoms with Gasteiger partial charge in [-0.15, -0.1) is 11.3 Å². The first-order valence-corrected chi connectivity index (χ1v) is 5.10. The number of hydrogen-bond donors (Lipinski definition) is 2. The van der Waals surface area contributed by atoms with E-state index in [-0.39, 0.29) is 11.7 Å². The molecule has 0 saturated carbocycles. The van der Waals surface area contributed by atoms with Crippen LogP contribution < -0.4 is 5.32 Å². The molecule has 0 aliphatic carbocycles. The van der Waals surface area contributed by atoms with Gasteiger partial charge in [0.15, 0.2) is 0 Å². The highest BCUT2D eigenvalue weighted by molar-refractivity contribution is 7.81. The maximum atomic E-state index is 10.7. The van der Waals surface area contributed by atoms with Crippen molar-refractivity contribution in [1.29, 1.82) is 0 Å². The van der Waals surface area contributed by atoms with E-state index in [2.05, 4.69) is 22.9 Å². The van der Waals surface area contributed by atoms with E-state index in [1.807, 2.05) is 5.38 Å². The summed E-state index contributed by atoms with van der Waals surface area (Å²) in [5.41, 5.74) is 0. The Balaban J connectivity index is 2.15. The fourth-order valence-corrected chi connectivity index (χ4v) is 1.47. The van der Waals surface area contributed by atoms with Crippen LogP contribution >= 0.6 is 24.0 Å². The van der Waals surface area contributed by atoms with Crippen molar-refractivity contribution in [3.8, 4) is 0 Å². The van der Waals surface area contributed by atoms with Gasteiger partial charge in [-0.3, -0.25) is 4.79 Å². The molecule has 0 fully saturated rings. The normalized spacial score (nSPS) is 9.75. The molecular formula is C7H10N2OS2. The fraction of sp³-hybridized carbons (Fsp3) is 0.429. The van der Waals surface area contributed by atoms with Gasteiger partial charge in [0.1, 0.15) is 0 Å². The van der Waals surface area contributed by atoms with E-state index in [1.165, 1.54) is 0 Å². The molecule has 1 N–H and O–H groups in total. The molecule has 0 aliphatic heterocycles. The Bertz CT molecular complexity index is 236. The summed E-state index contributed by atoms with van der Waals surface area (Å²) >= 11 is 5.44. The van der Waals surface area contributed by atoms with Crippen LogP contribution in [-0.2, 0) is 11.2 Å². The quantitative estimate of drug-likeness (QED) is 0.707. The third-order valence-corrected chi connectivity index (χ3v) is 2.41. The van der Waals surface area contributed by atoms with Gasteiger partial charge < -0.3 is 5.32 Å². The maximum Gasteiger partial charge on any atom is 0.229 e. The second kappa shape index (κ2) is 5.16. The smallest absolute Gasteiger partial charge is 0.229 e. The van der Waals surface area contributed by atoms with Gasteiger partial charge in [0, 0.05) is 24.5 Å². The number of rotatable bonds is 4. The molecule has 0 atom stereocenters. The summed E-state index contributed by atoms with van der Waals surface area (Å²) in [6.45, 7) is 0.646. The Kier molecular flexibility index (Phi) is 4.10. The number of aromatic nitrogens is 1. The first kappa shape index (κ1) is 9.54. The van der Waals surface area contributed by atoms with Crippen molar-refractivity contribution in [2.75, 3.05) is 12.3 Å². The van der Waals surface area contributed by atoms with E-state index in [9.17, 15) is 4.79 Å². The van der Waals surface area contributed by atoms with Gasteiger partial charge in [-0.1, -0.05) is 0 Å². The third-order valence-electron chi connectivity index (χ3n) is 1.29. The van der Waals surface area contributed by atoms with Crippen molar-refractivity contribution < 1.29 is 4.79 Å². The van der Waals surface area contributed by atoms with Crippen molar-refractivity contribution in [2.24, 2.45) is 0 Å². The number of carbonyl (C=O) groups excluding carboxylic acids is 1. The minimum Gasteiger partial charge on any atom is -0.355 e. The van der Waals surface area contributed by atoms with Gasteiger partial charge in [-0.25, -0.2) is 4.98 Å². The van der Waals surface area contributed by atoms with Crippen LogP contribution in [-0.4, -0.2) is 23.2 Å². The zero-order valence-corrected chi connectivity index (χ0v) is 8.20. The highest BCUT2D eigenvalue weighted by atomic mass is 32.1. The summed E-state index contributed by atoms with van der Waals surface area (Å²) in [6.07, 6.45) is 2.57. The molecule has 0 saturated heterocycles. The lowest BCUT2D eigenvalue weighted by Crippen LogP contribution is -2.26. The molecule has 1 aromatic heterocycles. The Hall–Kier alpha value is -0.550. The molecular weight excluding hydrogens is 192 g/mol. The van der Waals surface area contributed by atoms with Crippen molar-refractivity contribution in [3.05, 3.63) is 16.6 Å². The number of amides is 1. The van der Waals surface area contributed by atoms with E-state index >= 15 is 0 Å². The Morgan fingerprint density at radius 3 is 3.17 bits per heavy atom. The molecule has 3 nitrogen and oxygen atoms in total. The minimum atomic E-state index is -0.0325. The van der Waals surface area contributed by atoms with Crippen LogP contribution in [0.5, 0.6) is 0 Å². The van der Waals surface area contributed by atoms with Crippen LogP contribution in [0.1, 0.15) is 5.01 Å². The van der Waals surface area contributed by atoms with Crippen molar-refractivity contribution in [3.63, 3.8) is 0 Å². The lowest BCUT2D eigenvalue weighted by atomic mass is 10.4. The zero-order chi connectivity index (χ0) is 8.81. The number of thiol groups is 1. The van der Waals surface area contributed by atoms with Crippen molar-refractivity contribution >= 4 is 29.9 Å². The standard InChI is InChI=1S/C7H10N2OS2/c10-6(5-11)8-2-1-7-9-3-4-12-7/h3-4,11H,1-2,5H2,(H,8,10). The average Bonchev–Trinajstić information content (AvgIpc) is 2.57. The number of carbonyl (C=O) groups is 1. The zero-order valence-electron chi connectivity index (χ0n) is 6.49. The summed E-state index contributed by atoms with van der Waals surface area (Å²) < 4.78 is 0. The molecule has 0 bridgehead atoms.